The Balaban J connectivity index is 2.95. The smallest absolute Gasteiger partial charge is 0.141 e. The van der Waals surface area contributed by atoms with Crippen LogP contribution in [0, 0.1) is 0 Å². The molecule has 0 bridgehead atoms. The van der Waals surface area contributed by atoms with Gasteiger partial charge in [-0.15, -0.1) is 0 Å². The number of ether oxygens (including phenoxy) is 1. The van der Waals surface area contributed by atoms with Crippen molar-refractivity contribution in [2.24, 2.45) is 5.73 Å². The maximum Gasteiger partial charge on any atom is 0.141 e. The molecule has 96 valence electrons. The van der Waals surface area contributed by atoms with Crippen LogP contribution in [0.25, 0.3) is 0 Å². The number of methoxy groups -OCH3 is 1. The van der Waals surface area contributed by atoms with Crippen LogP contribution in [0.15, 0.2) is 12.1 Å². The zero-order valence-electron chi connectivity index (χ0n) is 10.5. The van der Waals surface area contributed by atoms with Crippen LogP contribution >= 0.6 is 23.2 Å². The molecule has 0 aliphatic carbocycles. The quantitative estimate of drug-likeness (QED) is 0.873. The van der Waals surface area contributed by atoms with Gasteiger partial charge in [0.25, 0.3) is 0 Å². The molecule has 1 aromatic rings. The summed E-state index contributed by atoms with van der Waals surface area (Å²) in [5.41, 5.74) is 6.81. The highest BCUT2D eigenvalue weighted by Crippen LogP contribution is 2.38. The molecule has 2 N–H and O–H groups in total. The Labute approximate surface area is 113 Å². The largest absolute Gasteiger partial charge is 0.495 e. The number of hydrogen-bond acceptors (Lipinski definition) is 2. The highest BCUT2D eigenvalue weighted by Gasteiger charge is 2.16. The Morgan fingerprint density at radius 2 is 1.88 bits per heavy atom. The molecule has 0 radical (unpaired) electrons. The average molecular weight is 276 g/mol. The summed E-state index contributed by atoms with van der Waals surface area (Å²) in [5.74, 6) is 1.04. The van der Waals surface area contributed by atoms with Crippen molar-refractivity contribution in [3.63, 3.8) is 0 Å². The van der Waals surface area contributed by atoms with Gasteiger partial charge < -0.3 is 10.5 Å². The van der Waals surface area contributed by atoms with E-state index in [0.29, 0.717) is 21.7 Å². The van der Waals surface area contributed by atoms with E-state index < -0.39 is 0 Å². The lowest BCUT2D eigenvalue weighted by Crippen LogP contribution is -2.15. The summed E-state index contributed by atoms with van der Waals surface area (Å²) in [7, 11) is 1.62. The van der Waals surface area contributed by atoms with E-state index in [-0.39, 0.29) is 6.04 Å². The molecule has 2 unspecified atom stereocenters. The van der Waals surface area contributed by atoms with E-state index in [1.807, 2.05) is 13.0 Å². The molecule has 4 heteroatoms. The lowest BCUT2D eigenvalue weighted by molar-refractivity contribution is 0.404. The molecule has 2 nitrogen and oxygen atoms in total. The summed E-state index contributed by atoms with van der Waals surface area (Å²) in [5, 5.41) is 1.20. The van der Waals surface area contributed by atoms with Gasteiger partial charge in [-0.05, 0) is 43.4 Å². The van der Waals surface area contributed by atoms with Crippen LogP contribution in [-0.2, 0) is 0 Å². The van der Waals surface area contributed by atoms with Crippen molar-refractivity contribution in [2.75, 3.05) is 7.11 Å². The second kappa shape index (κ2) is 6.48. The third kappa shape index (κ3) is 4.06. The molecule has 17 heavy (non-hydrogen) atoms. The van der Waals surface area contributed by atoms with E-state index in [0.717, 1.165) is 18.4 Å². The van der Waals surface area contributed by atoms with Crippen LogP contribution in [0.2, 0.25) is 10.0 Å². The first kappa shape index (κ1) is 14.6. The number of hydrogen-bond donors (Lipinski definition) is 1. The molecule has 0 fully saturated rings. The minimum atomic E-state index is 0.207. The number of rotatable bonds is 5. The molecule has 0 spiro atoms. The van der Waals surface area contributed by atoms with E-state index in [4.69, 9.17) is 33.7 Å². The Hall–Kier alpha value is -0.440. The Bertz CT molecular complexity index is 380. The SMILES string of the molecule is COc1c(Cl)cc(Cl)cc1C(C)CCC(C)N. The second-order valence-electron chi connectivity index (χ2n) is 4.47. The average Bonchev–Trinajstić information content (AvgIpc) is 2.24. The van der Waals surface area contributed by atoms with Gasteiger partial charge in [0.1, 0.15) is 5.75 Å². The molecular formula is C13H19Cl2NO. The minimum Gasteiger partial charge on any atom is -0.495 e. The van der Waals surface area contributed by atoms with E-state index in [9.17, 15) is 0 Å². The molecular weight excluding hydrogens is 257 g/mol. The molecule has 2 atom stereocenters. The summed E-state index contributed by atoms with van der Waals surface area (Å²) >= 11 is 12.1. The fraction of sp³-hybridized carbons (Fsp3) is 0.538. The Kier molecular flexibility index (Phi) is 5.57. The summed E-state index contributed by atoms with van der Waals surface area (Å²) in [6.45, 7) is 4.14. The molecule has 0 saturated carbocycles. The van der Waals surface area contributed by atoms with Gasteiger partial charge in [0.05, 0.1) is 12.1 Å². The number of benzene rings is 1. The standard InChI is InChI=1S/C13H19Cl2NO/c1-8(4-5-9(2)16)11-6-10(14)7-12(15)13(11)17-3/h6-9H,4-5,16H2,1-3H3. The maximum atomic E-state index is 6.11. The Morgan fingerprint density at radius 3 is 2.41 bits per heavy atom. The van der Waals surface area contributed by atoms with Crippen LogP contribution in [-0.4, -0.2) is 13.2 Å². The fourth-order valence-electron chi connectivity index (χ4n) is 1.83. The number of halogens is 2. The van der Waals surface area contributed by atoms with Gasteiger partial charge in [0.2, 0.25) is 0 Å². The van der Waals surface area contributed by atoms with E-state index >= 15 is 0 Å². The van der Waals surface area contributed by atoms with Crippen molar-refractivity contribution in [3.8, 4) is 5.75 Å². The van der Waals surface area contributed by atoms with E-state index in [2.05, 4.69) is 6.92 Å². The molecule has 1 aromatic carbocycles. The minimum absolute atomic E-state index is 0.207. The van der Waals surface area contributed by atoms with Crippen molar-refractivity contribution in [1.29, 1.82) is 0 Å². The predicted molar refractivity (Wildman–Crippen MR) is 74.3 cm³/mol. The lowest BCUT2D eigenvalue weighted by Gasteiger charge is -2.18. The third-order valence-corrected chi connectivity index (χ3v) is 3.33. The molecule has 0 saturated heterocycles. The second-order valence-corrected chi connectivity index (χ2v) is 5.31. The molecule has 0 aliphatic heterocycles. The van der Waals surface area contributed by atoms with Crippen molar-refractivity contribution in [1.82, 2.24) is 0 Å². The summed E-state index contributed by atoms with van der Waals surface area (Å²) in [6, 6.07) is 3.82. The number of nitrogens with two attached hydrogens (primary N) is 1. The van der Waals surface area contributed by atoms with Crippen LogP contribution in [0.4, 0.5) is 0 Å². The topological polar surface area (TPSA) is 35.2 Å². The van der Waals surface area contributed by atoms with Gasteiger partial charge in [-0.2, -0.15) is 0 Å². The summed E-state index contributed by atoms with van der Waals surface area (Å²) in [6.07, 6.45) is 1.96. The van der Waals surface area contributed by atoms with Crippen molar-refractivity contribution in [3.05, 3.63) is 27.7 Å². The van der Waals surface area contributed by atoms with Gasteiger partial charge >= 0.3 is 0 Å². The van der Waals surface area contributed by atoms with Gasteiger partial charge in [-0.3, -0.25) is 0 Å². The molecule has 0 heterocycles. The van der Waals surface area contributed by atoms with E-state index in [1.54, 1.807) is 13.2 Å². The van der Waals surface area contributed by atoms with Gasteiger partial charge in [-0.1, -0.05) is 30.1 Å². The highest BCUT2D eigenvalue weighted by atomic mass is 35.5. The molecule has 0 aromatic heterocycles. The van der Waals surface area contributed by atoms with Crippen molar-refractivity contribution in [2.45, 2.75) is 38.6 Å². The van der Waals surface area contributed by atoms with Gasteiger partial charge in [-0.25, -0.2) is 0 Å². The first-order valence-electron chi connectivity index (χ1n) is 5.74. The molecule has 0 amide bonds. The zero-order chi connectivity index (χ0) is 13.0. The van der Waals surface area contributed by atoms with Crippen molar-refractivity contribution < 1.29 is 4.74 Å². The van der Waals surface area contributed by atoms with E-state index in [1.165, 1.54) is 0 Å². The van der Waals surface area contributed by atoms with Gasteiger partial charge in [0.15, 0.2) is 0 Å². The first-order chi connectivity index (χ1) is 7.95. The first-order valence-corrected chi connectivity index (χ1v) is 6.49. The highest BCUT2D eigenvalue weighted by molar-refractivity contribution is 6.35. The van der Waals surface area contributed by atoms with Crippen LogP contribution < -0.4 is 10.5 Å². The maximum absolute atomic E-state index is 6.11. The normalized spacial score (nSPS) is 14.5. The zero-order valence-corrected chi connectivity index (χ0v) is 12.0. The van der Waals surface area contributed by atoms with Crippen LogP contribution in [0.3, 0.4) is 0 Å². The molecule has 1 rings (SSSR count). The van der Waals surface area contributed by atoms with Crippen molar-refractivity contribution >= 4 is 23.2 Å². The predicted octanol–water partition coefficient (Wildman–Crippen LogP) is 4.23. The Morgan fingerprint density at radius 1 is 1.24 bits per heavy atom. The monoisotopic (exact) mass is 275 g/mol. The summed E-state index contributed by atoms with van der Waals surface area (Å²) in [4.78, 5) is 0. The van der Waals surface area contributed by atoms with Crippen LogP contribution in [0.1, 0.15) is 38.2 Å². The lowest BCUT2D eigenvalue weighted by atomic mass is 9.94. The van der Waals surface area contributed by atoms with Gasteiger partial charge in [0, 0.05) is 11.1 Å². The molecule has 0 aliphatic rings. The third-order valence-electron chi connectivity index (χ3n) is 2.83. The summed E-state index contributed by atoms with van der Waals surface area (Å²) < 4.78 is 5.34. The van der Waals surface area contributed by atoms with Crippen LogP contribution in [0.5, 0.6) is 5.75 Å². The fourth-order valence-corrected chi connectivity index (χ4v) is 2.42.